The molecule has 2 aromatic heterocycles. The van der Waals surface area contributed by atoms with Crippen molar-refractivity contribution >= 4 is 5.91 Å². The fraction of sp³-hybridized carbons (Fsp3) is 0.188. The highest BCUT2D eigenvalue weighted by Crippen LogP contribution is 2.32. The molecule has 0 unspecified atom stereocenters. The number of aromatic nitrogens is 5. The zero-order valence-corrected chi connectivity index (χ0v) is 13.5. The van der Waals surface area contributed by atoms with E-state index < -0.39 is 0 Å². The van der Waals surface area contributed by atoms with E-state index in [9.17, 15) is 9.59 Å². The van der Waals surface area contributed by atoms with Gasteiger partial charge in [0.15, 0.2) is 17.3 Å². The van der Waals surface area contributed by atoms with Crippen LogP contribution in [0.3, 0.4) is 0 Å². The fourth-order valence-corrected chi connectivity index (χ4v) is 2.46. The molecule has 0 atom stereocenters. The molecule has 0 bridgehead atoms. The zero-order chi connectivity index (χ0) is 17.9. The molecule has 10 heteroatoms. The Labute approximate surface area is 147 Å². The van der Waals surface area contributed by atoms with Crippen LogP contribution in [-0.4, -0.2) is 43.8 Å². The summed E-state index contributed by atoms with van der Waals surface area (Å²) in [6.45, 7) is 0.607. The molecular formula is C16H14N6O4. The molecule has 10 nitrogen and oxygen atoms in total. The highest BCUT2D eigenvalue weighted by molar-refractivity contribution is 5.94. The Balaban J connectivity index is 1.41. The molecule has 1 aromatic carbocycles. The lowest BCUT2D eigenvalue weighted by molar-refractivity contribution is 0.0951. The number of amides is 1. The second kappa shape index (κ2) is 6.67. The van der Waals surface area contributed by atoms with Crippen LogP contribution in [0.2, 0.25) is 0 Å². The maximum atomic E-state index is 12.2. The van der Waals surface area contributed by atoms with Gasteiger partial charge in [-0.05, 0) is 24.3 Å². The van der Waals surface area contributed by atoms with Crippen molar-refractivity contribution in [3.05, 3.63) is 58.9 Å². The van der Waals surface area contributed by atoms with Crippen molar-refractivity contribution in [2.24, 2.45) is 0 Å². The molecule has 1 N–H and O–H groups in total. The molecule has 26 heavy (non-hydrogen) atoms. The van der Waals surface area contributed by atoms with Crippen LogP contribution in [0.25, 0.3) is 5.82 Å². The van der Waals surface area contributed by atoms with E-state index in [0.717, 1.165) is 0 Å². The number of nitrogens with zero attached hydrogens (tertiary/aromatic N) is 5. The van der Waals surface area contributed by atoms with Gasteiger partial charge in [0, 0.05) is 18.2 Å². The SMILES string of the molecule is O=C(NCCn1nc(-n2cncn2)ccc1=O)c1ccc2c(c1)OCO2. The molecule has 0 fully saturated rings. The van der Waals surface area contributed by atoms with Crippen molar-refractivity contribution in [3.8, 4) is 17.3 Å². The highest BCUT2D eigenvalue weighted by Gasteiger charge is 2.16. The molecule has 0 spiro atoms. The summed E-state index contributed by atoms with van der Waals surface area (Å²) in [5, 5.41) is 10.9. The predicted molar refractivity (Wildman–Crippen MR) is 88.3 cm³/mol. The van der Waals surface area contributed by atoms with Gasteiger partial charge in [0.05, 0.1) is 6.54 Å². The molecule has 132 valence electrons. The number of hydrogen-bond acceptors (Lipinski definition) is 7. The van der Waals surface area contributed by atoms with Crippen molar-refractivity contribution in [3.63, 3.8) is 0 Å². The Hall–Kier alpha value is -3.69. The fourth-order valence-electron chi connectivity index (χ4n) is 2.46. The monoisotopic (exact) mass is 354 g/mol. The lowest BCUT2D eigenvalue weighted by Crippen LogP contribution is -2.32. The molecule has 1 amide bonds. The summed E-state index contributed by atoms with van der Waals surface area (Å²) in [6.07, 6.45) is 2.86. The van der Waals surface area contributed by atoms with Gasteiger partial charge < -0.3 is 14.8 Å². The predicted octanol–water partition coefficient (Wildman–Crippen LogP) is -0.0173. The molecule has 1 aliphatic rings. The Bertz CT molecular complexity index is 998. The molecule has 0 radical (unpaired) electrons. The standard InChI is InChI=1S/C16H14N6O4/c23-15-4-3-14(22-9-17-8-19-22)20-21(15)6-5-18-16(24)11-1-2-12-13(7-11)26-10-25-12/h1-4,7-9H,5-6,10H2,(H,18,24). The third-order valence-corrected chi connectivity index (χ3v) is 3.75. The summed E-state index contributed by atoms with van der Waals surface area (Å²) in [7, 11) is 0. The smallest absolute Gasteiger partial charge is 0.266 e. The van der Waals surface area contributed by atoms with Crippen molar-refractivity contribution in [2.75, 3.05) is 13.3 Å². The first-order chi connectivity index (χ1) is 12.7. The van der Waals surface area contributed by atoms with Gasteiger partial charge in [-0.3, -0.25) is 9.59 Å². The van der Waals surface area contributed by atoms with Crippen LogP contribution < -0.4 is 20.3 Å². The van der Waals surface area contributed by atoms with Crippen LogP contribution in [-0.2, 0) is 6.54 Å². The number of carbonyl (C=O) groups excluding carboxylic acids is 1. The van der Waals surface area contributed by atoms with Gasteiger partial charge >= 0.3 is 0 Å². The maximum Gasteiger partial charge on any atom is 0.266 e. The lowest BCUT2D eigenvalue weighted by atomic mass is 10.2. The Morgan fingerprint density at radius 3 is 2.92 bits per heavy atom. The number of fused-ring (bicyclic) bond motifs is 1. The summed E-state index contributed by atoms with van der Waals surface area (Å²) in [5.74, 6) is 1.34. The molecule has 0 saturated carbocycles. The van der Waals surface area contributed by atoms with Crippen molar-refractivity contribution in [1.82, 2.24) is 29.9 Å². The van der Waals surface area contributed by atoms with Crippen LogP contribution in [0, 0.1) is 0 Å². The zero-order valence-electron chi connectivity index (χ0n) is 13.5. The Kier molecular flexibility index (Phi) is 4.06. The first-order valence-electron chi connectivity index (χ1n) is 7.82. The van der Waals surface area contributed by atoms with Crippen molar-refractivity contribution < 1.29 is 14.3 Å². The summed E-state index contributed by atoms with van der Waals surface area (Å²) < 4.78 is 13.2. The summed E-state index contributed by atoms with van der Waals surface area (Å²) in [5.41, 5.74) is 0.178. The minimum absolute atomic E-state index is 0.150. The van der Waals surface area contributed by atoms with Crippen LogP contribution >= 0.6 is 0 Å². The quantitative estimate of drug-likeness (QED) is 0.685. The topological polar surface area (TPSA) is 113 Å². The van der Waals surface area contributed by atoms with Crippen LogP contribution in [0.4, 0.5) is 0 Å². The number of nitrogens with one attached hydrogen (secondary N) is 1. The van der Waals surface area contributed by atoms with Gasteiger partial charge in [-0.2, -0.15) is 5.10 Å². The number of hydrogen-bond donors (Lipinski definition) is 1. The maximum absolute atomic E-state index is 12.2. The minimum atomic E-state index is -0.274. The summed E-state index contributed by atoms with van der Waals surface area (Å²) >= 11 is 0. The molecule has 3 aromatic rings. The van der Waals surface area contributed by atoms with Crippen LogP contribution in [0.15, 0.2) is 47.8 Å². The van der Waals surface area contributed by atoms with Gasteiger partial charge in [-0.25, -0.2) is 14.3 Å². The van der Waals surface area contributed by atoms with E-state index >= 15 is 0 Å². The molecular weight excluding hydrogens is 340 g/mol. The molecule has 3 heterocycles. The highest BCUT2D eigenvalue weighted by atomic mass is 16.7. The van der Waals surface area contributed by atoms with E-state index in [4.69, 9.17) is 9.47 Å². The molecule has 4 rings (SSSR count). The number of ether oxygens (including phenoxy) is 2. The van der Waals surface area contributed by atoms with E-state index in [2.05, 4.69) is 20.5 Å². The second-order valence-corrected chi connectivity index (χ2v) is 5.42. The third kappa shape index (κ3) is 3.11. The molecule has 0 aliphatic carbocycles. The normalized spacial score (nSPS) is 12.2. The van der Waals surface area contributed by atoms with E-state index in [1.807, 2.05) is 0 Å². The van der Waals surface area contributed by atoms with Crippen LogP contribution in [0.5, 0.6) is 11.5 Å². The lowest BCUT2D eigenvalue weighted by Gasteiger charge is -2.08. The van der Waals surface area contributed by atoms with E-state index in [-0.39, 0.29) is 31.3 Å². The van der Waals surface area contributed by atoms with E-state index in [1.54, 1.807) is 24.3 Å². The first-order valence-corrected chi connectivity index (χ1v) is 7.82. The first kappa shape index (κ1) is 15.8. The Morgan fingerprint density at radius 1 is 1.19 bits per heavy atom. The van der Waals surface area contributed by atoms with Crippen molar-refractivity contribution in [1.29, 1.82) is 0 Å². The van der Waals surface area contributed by atoms with Crippen molar-refractivity contribution in [2.45, 2.75) is 6.54 Å². The van der Waals surface area contributed by atoms with Gasteiger partial charge in [0.25, 0.3) is 11.5 Å². The van der Waals surface area contributed by atoms with Gasteiger partial charge in [0.2, 0.25) is 6.79 Å². The van der Waals surface area contributed by atoms with Gasteiger partial charge in [0.1, 0.15) is 12.7 Å². The number of benzene rings is 1. The average molecular weight is 354 g/mol. The Morgan fingerprint density at radius 2 is 2.08 bits per heavy atom. The van der Waals surface area contributed by atoms with Gasteiger partial charge in [-0.1, -0.05) is 0 Å². The second-order valence-electron chi connectivity index (χ2n) is 5.42. The summed E-state index contributed by atoms with van der Waals surface area (Å²) in [6, 6.07) is 7.90. The average Bonchev–Trinajstić information content (AvgIpc) is 3.34. The van der Waals surface area contributed by atoms with Gasteiger partial charge in [-0.15, -0.1) is 5.10 Å². The van der Waals surface area contributed by atoms with Crippen LogP contribution in [0.1, 0.15) is 10.4 Å². The number of carbonyl (C=O) groups is 1. The number of rotatable bonds is 5. The molecule has 0 saturated heterocycles. The summed E-state index contributed by atoms with van der Waals surface area (Å²) in [4.78, 5) is 28.0. The molecule has 1 aliphatic heterocycles. The van der Waals surface area contributed by atoms with E-state index in [0.29, 0.717) is 22.9 Å². The largest absolute Gasteiger partial charge is 0.454 e. The third-order valence-electron chi connectivity index (χ3n) is 3.75. The van der Waals surface area contributed by atoms with E-state index in [1.165, 1.54) is 28.1 Å². The minimum Gasteiger partial charge on any atom is -0.454 e.